The first-order valence-electron chi connectivity index (χ1n) is 4.43. The molecule has 0 fully saturated rings. The first-order chi connectivity index (χ1) is 9.50. The van der Waals surface area contributed by atoms with Gasteiger partial charge in [0.25, 0.3) is 0 Å². The molecule has 18 heteroatoms. The van der Waals surface area contributed by atoms with Crippen molar-refractivity contribution >= 4 is 29.0 Å². The quantitative estimate of drug-likeness (QED) is 0.433. The van der Waals surface area contributed by atoms with E-state index in [0.717, 1.165) is 0 Å². The Morgan fingerprint density at radius 3 is 1.00 bits per heavy atom. The van der Waals surface area contributed by atoms with Crippen LogP contribution in [0.1, 0.15) is 0 Å². The molecule has 0 aromatic rings. The average molecular weight is 408 g/mol. The van der Waals surface area contributed by atoms with Crippen molar-refractivity contribution in [3.63, 3.8) is 0 Å². The van der Waals surface area contributed by atoms with Crippen LogP contribution in [0.15, 0.2) is 0 Å². The van der Waals surface area contributed by atoms with Crippen LogP contribution in [-0.2, 0) is 10.1 Å². The zero-order valence-corrected chi connectivity index (χ0v) is 10.4. The second kappa shape index (κ2) is 6.09. The molecule has 0 amide bonds. The van der Waals surface area contributed by atoms with E-state index in [-0.39, 0.29) is 18.9 Å². The molecule has 3 nitrogen and oxygen atoms in total. The molecule has 0 aliphatic carbocycles. The monoisotopic (exact) mass is 408 g/mol. The molecule has 0 saturated heterocycles. The summed E-state index contributed by atoms with van der Waals surface area (Å²) in [6.07, 6.45) is -7.59. The van der Waals surface area contributed by atoms with Crippen molar-refractivity contribution in [3.05, 3.63) is 0 Å². The Bertz CT molecular complexity index is 565. The van der Waals surface area contributed by atoms with E-state index in [9.17, 15) is 65.5 Å². The zero-order valence-electron chi connectivity index (χ0n) is 9.59. The predicted octanol–water partition coefficient (Wildman–Crippen LogP) is 2.92. The number of rotatable bonds is 5. The molecular weight excluding hydrogens is 406 g/mol. The molecule has 0 aromatic carbocycles. The molecule has 0 aliphatic rings. The summed E-state index contributed by atoms with van der Waals surface area (Å²) in [7, 11) is -7.61. The first-order valence-corrected chi connectivity index (χ1v) is 5.87. The van der Waals surface area contributed by atoms with E-state index in [4.69, 9.17) is 4.55 Å². The summed E-state index contributed by atoms with van der Waals surface area (Å²) in [5, 5.41) is -7.52. The van der Waals surface area contributed by atoms with Crippen LogP contribution in [0.2, 0.25) is 0 Å². The maximum absolute atomic E-state index is 12.7. The van der Waals surface area contributed by atoms with Crippen LogP contribution in [-0.4, -0.2) is 67.0 Å². The van der Waals surface area contributed by atoms with Gasteiger partial charge in [0.2, 0.25) is 0 Å². The van der Waals surface area contributed by atoms with E-state index in [1.54, 1.807) is 0 Å². The third kappa shape index (κ3) is 3.19. The molecule has 0 saturated carbocycles. The van der Waals surface area contributed by atoms with Gasteiger partial charge in [-0.25, -0.2) is 0 Å². The van der Waals surface area contributed by atoms with Crippen LogP contribution < -0.4 is 0 Å². The van der Waals surface area contributed by atoms with Crippen LogP contribution in [0, 0.1) is 0 Å². The Morgan fingerprint density at radius 2 is 0.792 bits per heavy atom. The second-order valence-electron chi connectivity index (χ2n) is 3.79. The molecule has 0 unspecified atom stereocenters. The molecule has 0 radical (unpaired) electrons. The molecule has 24 heavy (non-hydrogen) atoms. The van der Waals surface area contributed by atoms with Crippen LogP contribution in [0.5, 0.6) is 0 Å². The third-order valence-electron chi connectivity index (χ3n) is 2.23. The molecule has 0 spiro atoms. The molecular formula is C6H2F13LiO3S. The molecule has 0 aromatic heterocycles. The minimum atomic E-state index is -8.25. The summed E-state index contributed by atoms with van der Waals surface area (Å²) < 4.78 is 188. The van der Waals surface area contributed by atoms with Gasteiger partial charge >= 0.3 is 64.1 Å². The average Bonchev–Trinajstić information content (AvgIpc) is 2.24. The summed E-state index contributed by atoms with van der Waals surface area (Å²) in [6, 6.07) is 0. The van der Waals surface area contributed by atoms with Crippen molar-refractivity contribution in [2.45, 2.75) is 35.1 Å². The van der Waals surface area contributed by atoms with Gasteiger partial charge in [-0.1, -0.05) is 0 Å². The second-order valence-corrected chi connectivity index (χ2v) is 5.25. The van der Waals surface area contributed by atoms with Crippen molar-refractivity contribution < 1.29 is 70.0 Å². The van der Waals surface area contributed by atoms with Gasteiger partial charge in [0.1, 0.15) is 0 Å². The fourth-order valence-electron chi connectivity index (χ4n) is 0.917. The van der Waals surface area contributed by atoms with Crippen LogP contribution in [0.25, 0.3) is 0 Å². The zero-order chi connectivity index (χ0) is 19.5. The minimum absolute atomic E-state index is 0. The fourth-order valence-corrected chi connectivity index (χ4v) is 1.37. The SMILES string of the molecule is O=S(=O)(O)C(F)(F)C(F)(F)C(F)(F)C(F)(F)C(F)(F)C(F)(F)F.[LiH]. The van der Waals surface area contributed by atoms with Gasteiger partial charge in [-0.15, -0.1) is 0 Å². The summed E-state index contributed by atoms with van der Waals surface area (Å²) in [5.74, 6) is -32.5. The van der Waals surface area contributed by atoms with E-state index in [1.807, 2.05) is 0 Å². The van der Waals surface area contributed by atoms with Crippen LogP contribution in [0.3, 0.4) is 0 Å². The molecule has 0 bridgehead atoms. The van der Waals surface area contributed by atoms with Gasteiger partial charge in [0.15, 0.2) is 0 Å². The molecule has 0 heterocycles. The number of halogens is 13. The first kappa shape index (κ1) is 25.8. The van der Waals surface area contributed by atoms with E-state index in [2.05, 4.69) is 0 Å². The topological polar surface area (TPSA) is 54.4 Å². The fraction of sp³-hybridized carbons (Fsp3) is 1.00. The van der Waals surface area contributed by atoms with E-state index < -0.39 is 45.2 Å². The van der Waals surface area contributed by atoms with E-state index >= 15 is 0 Å². The van der Waals surface area contributed by atoms with Crippen molar-refractivity contribution in [1.82, 2.24) is 0 Å². The van der Waals surface area contributed by atoms with Gasteiger partial charge in [0, 0.05) is 0 Å². The number of hydrogen-bond donors (Lipinski definition) is 1. The van der Waals surface area contributed by atoms with Gasteiger partial charge in [0.05, 0.1) is 0 Å². The number of hydrogen-bond acceptors (Lipinski definition) is 2. The Morgan fingerprint density at radius 1 is 0.542 bits per heavy atom. The molecule has 0 rings (SSSR count). The van der Waals surface area contributed by atoms with Crippen molar-refractivity contribution in [3.8, 4) is 0 Å². The van der Waals surface area contributed by atoms with Gasteiger partial charge < -0.3 is 0 Å². The Labute approximate surface area is 135 Å². The van der Waals surface area contributed by atoms with Gasteiger partial charge in [-0.3, -0.25) is 4.55 Å². The van der Waals surface area contributed by atoms with Crippen molar-refractivity contribution in [2.24, 2.45) is 0 Å². The summed E-state index contributed by atoms with van der Waals surface area (Å²) >= 11 is 0. The van der Waals surface area contributed by atoms with E-state index in [0.29, 0.717) is 0 Å². The van der Waals surface area contributed by atoms with Crippen LogP contribution in [0.4, 0.5) is 57.1 Å². The van der Waals surface area contributed by atoms with Crippen LogP contribution >= 0.6 is 0 Å². The summed E-state index contributed by atoms with van der Waals surface area (Å²) in [5.41, 5.74) is 0. The van der Waals surface area contributed by atoms with Gasteiger partial charge in [-0.05, 0) is 0 Å². The predicted molar refractivity (Wildman–Crippen MR) is 49.5 cm³/mol. The normalized spacial score (nSPS) is 15.9. The molecule has 142 valence electrons. The summed E-state index contributed by atoms with van der Waals surface area (Å²) in [4.78, 5) is 0. The Hall–Kier alpha value is -0.403. The Kier molecular flexibility index (Phi) is 6.56. The van der Waals surface area contributed by atoms with Gasteiger partial charge in [-0.2, -0.15) is 65.5 Å². The molecule has 0 aliphatic heterocycles. The Balaban J connectivity index is 0. The van der Waals surface area contributed by atoms with Crippen molar-refractivity contribution in [2.75, 3.05) is 0 Å². The standard InChI is InChI=1S/C6HF13O3S.Li.H/c7-1(8,3(11,12)5(15,16)17)2(9,10)4(13,14)6(18,19)23(20,21)22;;/h(H,20,21,22);;. The maximum atomic E-state index is 12.7. The summed E-state index contributed by atoms with van der Waals surface area (Å²) in [6.45, 7) is 0. The molecule has 1 N–H and O–H groups in total. The third-order valence-corrected chi connectivity index (χ3v) is 3.13. The number of alkyl halides is 13. The van der Waals surface area contributed by atoms with Crippen molar-refractivity contribution in [1.29, 1.82) is 0 Å². The molecule has 0 atom stereocenters. The van der Waals surface area contributed by atoms with E-state index in [1.165, 1.54) is 0 Å².